The number of amides is 1. The van der Waals surface area contributed by atoms with Gasteiger partial charge in [0.2, 0.25) is 5.95 Å². The Labute approximate surface area is 203 Å². The van der Waals surface area contributed by atoms with Gasteiger partial charge in [-0.3, -0.25) is 15.6 Å². The van der Waals surface area contributed by atoms with Crippen molar-refractivity contribution in [2.45, 2.75) is 64.2 Å². The van der Waals surface area contributed by atoms with Crippen molar-refractivity contribution in [1.82, 2.24) is 40.7 Å². The number of aromatic nitrogens is 5. The third-order valence-corrected chi connectivity index (χ3v) is 8.63. The van der Waals surface area contributed by atoms with E-state index in [2.05, 4.69) is 42.9 Å². The third kappa shape index (κ3) is 3.49. The fourth-order valence-corrected chi connectivity index (χ4v) is 6.24. The maximum atomic E-state index is 13.4. The largest absolute Gasteiger partial charge is 0.348 e. The second kappa shape index (κ2) is 7.69. The van der Waals surface area contributed by atoms with Crippen LogP contribution in [0.1, 0.15) is 54.2 Å². The number of rotatable bonds is 5. The highest BCUT2D eigenvalue weighted by molar-refractivity contribution is 6.06. The third-order valence-electron chi connectivity index (χ3n) is 8.63. The molecular formula is C25H31N9O. The van der Waals surface area contributed by atoms with E-state index in [1.807, 2.05) is 23.9 Å². The van der Waals surface area contributed by atoms with Gasteiger partial charge in [0.05, 0.1) is 17.5 Å². The molecule has 5 heterocycles. The molecule has 1 amide bonds. The number of carbonyl (C=O) groups excluding carboxylic acids is 1. The topological polar surface area (TPSA) is 113 Å². The molecule has 10 heteroatoms. The van der Waals surface area contributed by atoms with Crippen LogP contribution >= 0.6 is 0 Å². The molecule has 2 aliphatic carbocycles. The minimum absolute atomic E-state index is 0.0781. The van der Waals surface area contributed by atoms with Gasteiger partial charge in [-0.25, -0.2) is 19.9 Å². The zero-order valence-electron chi connectivity index (χ0n) is 20.2. The summed E-state index contributed by atoms with van der Waals surface area (Å²) in [7, 11) is 0. The van der Waals surface area contributed by atoms with Crippen molar-refractivity contribution in [3.05, 3.63) is 41.7 Å². The molecule has 4 fully saturated rings. The van der Waals surface area contributed by atoms with Crippen LogP contribution in [-0.2, 0) is 6.54 Å². The molecule has 4 atom stereocenters. The molecular weight excluding hydrogens is 442 g/mol. The Morgan fingerprint density at radius 1 is 1.20 bits per heavy atom. The normalized spacial score (nSPS) is 28.3. The van der Waals surface area contributed by atoms with Gasteiger partial charge in [0, 0.05) is 66.5 Å². The number of nitrogens with one attached hydrogen (secondary N) is 3. The fourth-order valence-electron chi connectivity index (χ4n) is 6.24. The Balaban J connectivity index is 1.12. The summed E-state index contributed by atoms with van der Waals surface area (Å²) in [6.07, 6.45) is 11.8. The number of aryl methyl sites for hydroxylation is 1. The number of anilines is 1. The molecule has 35 heavy (non-hydrogen) atoms. The first-order chi connectivity index (χ1) is 17.0. The molecule has 2 saturated carbocycles. The highest BCUT2D eigenvalue weighted by Gasteiger charge is 2.53. The lowest BCUT2D eigenvalue weighted by atomic mass is 9.98. The van der Waals surface area contributed by atoms with Gasteiger partial charge in [-0.2, -0.15) is 0 Å². The lowest BCUT2D eigenvalue weighted by Gasteiger charge is -2.40. The van der Waals surface area contributed by atoms with Crippen molar-refractivity contribution in [1.29, 1.82) is 0 Å². The van der Waals surface area contributed by atoms with Crippen LogP contribution in [0.5, 0.6) is 0 Å². The van der Waals surface area contributed by atoms with Gasteiger partial charge >= 0.3 is 0 Å². The van der Waals surface area contributed by atoms with Gasteiger partial charge in [-0.05, 0) is 45.4 Å². The van der Waals surface area contributed by atoms with Crippen LogP contribution in [0.4, 0.5) is 5.95 Å². The van der Waals surface area contributed by atoms with Crippen LogP contribution in [-0.4, -0.2) is 61.6 Å². The van der Waals surface area contributed by atoms with Gasteiger partial charge in [0.1, 0.15) is 12.0 Å². The molecule has 182 valence electrons. The lowest BCUT2D eigenvalue weighted by molar-refractivity contribution is 0.0933. The van der Waals surface area contributed by atoms with E-state index in [0.717, 1.165) is 54.2 Å². The summed E-state index contributed by atoms with van der Waals surface area (Å²) in [5, 5.41) is 4.03. The quantitative estimate of drug-likeness (QED) is 0.512. The van der Waals surface area contributed by atoms with E-state index in [-0.39, 0.29) is 18.0 Å². The van der Waals surface area contributed by atoms with Gasteiger partial charge in [0.15, 0.2) is 0 Å². The van der Waals surface area contributed by atoms with Crippen LogP contribution in [0.2, 0.25) is 0 Å². The van der Waals surface area contributed by atoms with Crippen molar-refractivity contribution in [2.24, 2.45) is 11.3 Å². The van der Waals surface area contributed by atoms with Gasteiger partial charge in [0.25, 0.3) is 5.91 Å². The predicted octanol–water partition coefficient (Wildman–Crippen LogP) is 1.55. The Kier molecular flexibility index (Phi) is 4.66. The van der Waals surface area contributed by atoms with Crippen molar-refractivity contribution < 1.29 is 4.79 Å². The number of carbonyl (C=O) groups is 1. The SMILES string of the molecule is Cc1nc(N2CC3(CC3)C2)ncc1Cn1cc(C(=O)N[C@@H]2CCC3C(C)NNC32)c2cncnc21. The number of hydrogen-bond donors (Lipinski definition) is 3. The van der Waals surface area contributed by atoms with Crippen molar-refractivity contribution in [3.8, 4) is 0 Å². The highest BCUT2D eigenvalue weighted by atomic mass is 16.1. The molecule has 1 spiro atoms. The molecule has 2 saturated heterocycles. The molecule has 3 unspecified atom stereocenters. The van der Waals surface area contributed by atoms with E-state index in [4.69, 9.17) is 4.98 Å². The minimum atomic E-state index is -0.0781. The molecule has 10 nitrogen and oxygen atoms in total. The number of nitrogens with zero attached hydrogens (tertiary/aromatic N) is 6. The summed E-state index contributed by atoms with van der Waals surface area (Å²) < 4.78 is 2.01. The number of hydrogen-bond acceptors (Lipinski definition) is 8. The van der Waals surface area contributed by atoms with Crippen LogP contribution in [0.3, 0.4) is 0 Å². The van der Waals surface area contributed by atoms with Crippen molar-refractivity contribution in [3.63, 3.8) is 0 Å². The molecule has 3 aromatic rings. The molecule has 0 bridgehead atoms. The second-order valence-electron chi connectivity index (χ2n) is 11.0. The highest BCUT2D eigenvalue weighted by Crippen LogP contribution is 2.53. The fraction of sp³-hybridized carbons (Fsp3) is 0.560. The van der Waals surface area contributed by atoms with Gasteiger partial charge in [-0.15, -0.1) is 0 Å². The molecule has 0 radical (unpaired) electrons. The first-order valence-electron chi connectivity index (χ1n) is 12.7. The molecule has 3 N–H and O–H groups in total. The Hall–Kier alpha value is -3.11. The van der Waals surface area contributed by atoms with E-state index in [1.54, 1.807) is 6.20 Å². The van der Waals surface area contributed by atoms with Crippen LogP contribution in [0.15, 0.2) is 24.9 Å². The lowest BCUT2D eigenvalue weighted by Crippen LogP contribution is -2.49. The summed E-state index contributed by atoms with van der Waals surface area (Å²) in [4.78, 5) is 33.8. The average Bonchev–Trinajstić information content (AvgIpc) is 3.23. The molecule has 2 aliphatic heterocycles. The Morgan fingerprint density at radius 3 is 2.86 bits per heavy atom. The van der Waals surface area contributed by atoms with Crippen molar-refractivity contribution >= 4 is 22.9 Å². The molecule has 4 aliphatic rings. The zero-order chi connectivity index (χ0) is 23.7. The first kappa shape index (κ1) is 21.2. The van der Waals surface area contributed by atoms with E-state index in [9.17, 15) is 4.79 Å². The maximum Gasteiger partial charge on any atom is 0.253 e. The number of hydrazine groups is 1. The van der Waals surface area contributed by atoms with Gasteiger partial charge < -0.3 is 14.8 Å². The first-order valence-corrected chi connectivity index (χ1v) is 12.7. The van der Waals surface area contributed by atoms with E-state index < -0.39 is 0 Å². The maximum absolute atomic E-state index is 13.4. The predicted molar refractivity (Wildman–Crippen MR) is 131 cm³/mol. The summed E-state index contributed by atoms with van der Waals surface area (Å²) in [6.45, 7) is 6.93. The van der Waals surface area contributed by atoms with Crippen LogP contribution in [0, 0.1) is 18.3 Å². The van der Waals surface area contributed by atoms with Crippen LogP contribution in [0.25, 0.3) is 11.0 Å². The van der Waals surface area contributed by atoms with E-state index in [0.29, 0.717) is 29.5 Å². The number of fused-ring (bicyclic) bond motifs is 2. The van der Waals surface area contributed by atoms with E-state index >= 15 is 0 Å². The summed E-state index contributed by atoms with van der Waals surface area (Å²) in [5.41, 5.74) is 10.6. The molecule has 0 aromatic carbocycles. The summed E-state index contributed by atoms with van der Waals surface area (Å²) in [5.74, 6) is 1.29. The monoisotopic (exact) mass is 473 g/mol. The average molecular weight is 474 g/mol. The Morgan fingerprint density at radius 2 is 2.06 bits per heavy atom. The standard InChI is InChI=1S/C25H31N9O/c1-14-16(7-27-24(29-14)34-11-25(12-34)5-6-25)9-33-10-19(18-8-26-13-28-22(18)33)23(35)30-20-4-3-17-15(2)31-32-21(17)20/h7-8,10,13,15,17,20-21,31-32H,3-6,9,11-12H2,1-2H3,(H,30,35)/t15?,17?,20-,21?/m1/s1. The summed E-state index contributed by atoms with van der Waals surface area (Å²) >= 11 is 0. The van der Waals surface area contributed by atoms with Crippen molar-refractivity contribution in [2.75, 3.05) is 18.0 Å². The van der Waals surface area contributed by atoms with E-state index in [1.165, 1.54) is 19.2 Å². The van der Waals surface area contributed by atoms with Gasteiger partial charge in [-0.1, -0.05) is 0 Å². The zero-order valence-corrected chi connectivity index (χ0v) is 20.2. The molecule has 7 rings (SSSR count). The Bertz CT molecular complexity index is 1310. The smallest absolute Gasteiger partial charge is 0.253 e. The minimum Gasteiger partial charge on any atom is -0.348 e. The summed E-state index contributed by atoms with van der Waals surface area (Å²) in [6, 6.07) is 0.787. The molecule has 3 aromatic heterocycles. The van der Waals surface area contributed by atoms with Crippen LogP contribution < -0.4 is 21.1 Å². The second-order valence-corrected chi connectivity index (χ2v) is 11.0.